The van der Waals surface area contributed by atoms with Gasteiger partial charge in [-0.05, 0) is 30.4 Å². The van der Waals surface area contributed by atoms with Crippen LogP contribution in [0.5, 0.6) is 5.75 Å². The molecule has 104 valence electrons. The van der Waals surface area contributed by atoms with E-state index in [9.17, 15) is 14.4 Å². The van der Waals surface area contributed by atoms with Crippen LogP contribution in [-0.4, -0.2) is 29.4 Å². The first-order chi connectivity index (χ1) is 10.1. The van der Waals surface area contributed by atoms with Crippen molar-refractivity contribution in [1.29, 1.82) is 0 Å². The van der Waals surface area contributed by atoms with Crippen molar-refractivity contribution in [2.75, 3.05) is 7.11 Å². The molecule has 0 spiro atoms. The topological polar surface area (TPSA) is 76.2 Å². The van der Waals surface area contributed by atoms with Gasteiger partial charge in [-0.3, -0.25) is 14.4 Å². The highest BCUT2D eigenvalue weighted by atomic mass is 16.5. The summed E-state index contributed by atoms with van der Waals surface area (Å²) in [4.78, 5) is 38.6. The fourth-order valence-electron chi connectivity index (χ4n) is 2.21. The van der Waals surface area contributed by atoms with Gasteiger partial charge in [-0.25, -0.2) is 0 Å². The molecule has 0 amide bonds. The van der Waals surface area contributed by atoms with Crippen LogP contribution in [0.2, 0.25) is 0 Å². The highest BCUT2D eigenvalue weighted by Gasteiger charge is 2.24. The summed E-state index contributed by atoms with van der Waals surface area (Å²) in [5, 5.41) is 0. The minimum atomic E-state index is -0.311. The highest BCUT2D eigenvalue weighted by Crippen LogP contribution is 2.21. The molecule has 3 rings (SSSR count). The lowest BCUT2D eigenvalue weighted by molar-refractivity contribution is 0.0991. The second-order valence-corrected chi connectivity index (χ2v) is 4.59. The van der Waals surface area contributed by atoms with Crippen LogP contribution in [-0.2, 0) is 0 Å². The van der Waals surface area contributed by atoms with Crippen LogP contribution >= 0.6 is 0 Å². The lowest BCUT2D eigenvalue weighted by Crippen LogP contribution is -2.09. The number of nitrogens with one attached hydrogen (secondary N) is 1. The Labute approximate surface area is 120 Å². The zero-order chi connectivity index (χ0) is 15.0. The van der Waals surface area contributed by atoms with E-state index in [2.05, 4.69) is 4.98 Å². The van der Waals surface area contributed by atoms with Crippen LogP contribution < -0.4 is 4.74 Å². The quantitative estimate of drug-likeness (QED) is 0.875. The van der Waals surface area contributed by atoms with Gasteiger partial charge in [0.2, 0.25) is 11.6 Å². The van der Waals surface area contributed by atoms with Gasteiger partial charge in [0.15, 0.2) is 5.78 Å². The summed E-state index contributed by atoms with van der Waals surface area (Å²) < 4.78 is 5.08. The highest BCUT2D eigenvalue weighted by molar-refractivity contribution is 6.23. The summed E-state index contributed by atoms with van der Waals surface area (Å²) in [7, 11) is 1.51. The van der Waals surface area contributed by atoms with E-state index >= 15 is 0 Å². The van der Waals surface area contributed by atoms with Gasteiger partial charge in [-0.2, -0.15) is 0 Å². The molecule has 1 aromatic carbocycles. The molecule has 1 aliphatic carbocycles. The molecule has 1 N–H and O–H groups in total. The molecule has 5 nitrogen and oxygen atoms in total. The Bertz CT molecular complexity index is 763. The maximum Gasteiger partial charge on any atom is 0.209 e. The summed E-state index contributed by atoms with van der Waals surface area (Å²) in [5.41, 5.74) is 1.02. The number of carbonyl (C=O) groups excluding carboxylic acids is 3. The van der Waals surface area contributed by atoms with Gasteiger partial charge in [-0.1, -0.05) is 12.1 Å². The summed E-state index contributed by atoms with van der Waals surface area (Å²) in [5.74, 6) is -0.338. The van der Waals surface area contributed by atoms with Crippen molar-refractivity contribution < 1.29 is 19.1 Å². The first kappa shape index (κ1) is 13.1. The molecule has 0 atom stereocenters. The van der Waals surface area contributed by atoms with E-state index in [4.69, 9.17) is 4.74 Å². The summed E-state index contributed by atoms with van der Waals surface area (Å²) in [6.45, 7) is 0. The molecule has 5 heteroatoms. The molecular weight excluding hydrogens is 270 g/mol. The van der Waals surface area contributed by atoms with E-state index in [1.165, 1.54) is 25.3 Å². The van der Waals surface area contributed by atoms with Crippen molar-refractivity contribution >= 4 is 17.3 Å². The third-order valence-corrected chi connectivity index (χ3v) is 3.29. The number of aromatic amines is 1. The normalized spacial score (nSPS) is 13.2. The number of allylic oxidation sites excluding steroid dienone is 2. The van der Waals surface area contributed by atoms with Crippen LogP contribution in [0.4, 0.5) is 0 Å². The number of aromatic nitrogens is 1. The molecule has 1 aromatic heterocycles. The van der Waals surface area contributed by atoms with E-state index < -0.39 is 0 Å². The number of benzene rings is 1. The third-order valence-electron chi connectivity index (χ3n) is 3.29. The molecule has 0 fully saturated rings. The van der Waals surface area contributed by atoms with Crippen LogP contribution in [0.1, 0.15) is 36.9 Å². The fourth-order valence-corrected chi connectivity index (χ4v) is 2.21. The Morgan fingerprint density at radius 2 is 1.86 bits per heavy atom. The van der Waals surface area contributed by atoms with Crippen LogP contribution in [0.3, 0.4) is 0 Å². The molecule has 0 bridgehead atoms. The maximum absolute atomic E-state index is 12.4. The SMILES string of the molecule is COc1cccc(C(=O)c2cc3c([nH]2)C(=O)C=CC3=O)c1. The predicted molar refractivity (Wildman–Crippen MR) is 75.0 cm³/mol. The molecule has 0 unspecified atom stereocenters. The minimum Gasteiger partial charge on any atom is -0.497 e. The molecule has 21 heavy (non-hydrogen) atoms. The lowest BCUT2D eigenvalue weighted by atomic mass is 10.0. The number of ether oxygens (including phenoxy) is 1. The number of fused-ring (bicyclic) bond motifs is 1. The Morgan fingerprint density at radius 1 is 1.10 bits per heavy atom. The number of hydrogen-bond acceptors (Lipinski definition) is 4. The van der Waals surface area contributed by atoms with E-state index in [1.807, 2.05) is 0 Å². The zero-order valence-corrected chi connectivity index (χ0v) is 11.2. The Morgan fingerprint density at radius 3 is 2.57 bits per heavy atom. The molecule has 2 aromatic rings. The number of methoxy groups -OCH3 is 1. The molecule has 0 saturated heterocycles. The summed E-state index contributed by atoms with van der Waals surface area (Å²) >= 11 is 0. The van der Waals surface area contributed by atoms with Crippen molar-refractivity contribution in [2.24, 2.45) is 0 Å². The minimum absolute atomic E-state index is 0.161. The first-order valence-corrected chi connectivity index (χ1v) is 6.28. The largest absolute Gasteiger partial charge is 0.497 e. The monoisotopic (exact) mass is 281 g/mol. The first-order valence-electron chi connectivity index (χ1n) is 6.28. The lowest BCUT2D eigenvalue weighted by Gasteiger charge is -2.02. The van der Waals surface area contributed by atoms with Crippen molar-refractivity contribution in [2.45, 2.75) is 0 Å². The maximum atomic E-state index is 12.4. The van der Waals surface area contributed by atoms with Crippen molar-refractivity contribution in [3.8, 4) is 5.75 Å². The molecular formula is C16H11NO4. The van der Waals surface area contributed by atoms with Gasteiger partial charge in [0.25, 0.3) is 0 Å². The number of H-pyrrole nitrogens is 1. The van der Waals surface area contributed by atoms with E-state index in [0.717, 1.165) is 0 Å². The predicted octanol–water partition coefficient (Wildman–Crippen LogP) is 2.19. The fraction of sp³-hybridized carbons (Fsp3) is 0.0625. The third kappa shape index (κ3) is 2.18. The van der Waals surface area contributed by atoms with E-state index in [0.29, 0.717) is 11.3 Å². The van der Waals surface area contributed by atoms with Crippen molar-refractivity contribution in [3.05, 3.63) is 65.0 Å². The Hall–Kier alpha value is -2.95. The summed E-state index contributed by atoms with van der Waals surface area (Å²) in [6.07, 6.45) is 2.40. The van der Waals surface area contributed by atoms with Crippen LogP contribution in [0.25, 0.3) is 0 Å². The second kappa shape index (κ2) is 4.86. The van der Waals surface area contributed by atoms with E-state index in [-0.39, 0.29) is 34.3 Å². The second-order valence-electron chi connectivity index (χ2n) is 4.59. The van der Waals surface area contributed by atoms with Gasteiger partial charge >= 0.3 is 0 Å². The van der Waals surface area contributed by atoms with E-state index in [1.54, 1.807) is 24.3 Å². The Balaban J connectivity index is 2.02. The number of rotatable bonds is 3. The smallest absolute Gasteiger partial charge is 0.209 e. The number of ketones is 3. The average molecular weight is 281 g/mol. The van der Waals surface area contributed by atoms with Crippen molar-refractivity contribution in [3.63, 3.8) is 0 Å². The van der Waals surface area contributed by atoms with Gasteiger partial charge < -0.3 is 9.72 Å². The van der Waals surface area contributed by atoms with Crippen molar-refractivity contribution in [1.82, 2.24) is 4.98 Å². The van der Waals surface area contributed by atoms with Crippen LogP contribution in [0.15, 0.2) is 42.5 Å². The molecule has 1 heterocycles. The van der Waals surface area contributed by atoms with Crippen LogP contribution in [0, 0.1) is 0 Å². The van der Waals surface area contributed by atoms with Gasteiger partial charge in [-0.15, -0.1) is 0 Å². The molecule has 0 aliphatic heterocycles. The summed E-state index contributed by atoms with van der Waals surface area (Å²) in [6, 6.07) is 8.10. The van der Waals surface area contributed by atoms with Gasteiger partial charge in [0.1, 0.15) is 5.75 Å². The number of carbonyl (C=O) groups is 3. The molecule has 0 radical (unpaired) electrons. The van der Waals surface area contributed by atoms with Gasteiger partial charge in [0.05, 0.1) is 24.1 Å². The van der Waals surface area contributed by atoms with Gasteiger partial charge in [0, 0.05) is 5.56 Å². The molecule has 0 saturated carbocycles. The average Bonchev–Trinajstić information content (AvgIpc) is 2.97. The standard InChI is InChI=1S/C16H11NO4/c1-21-10-4-2-3-9(7-10)16(20)12-8-11-13(18)5-6-14(19)15(11)17-12/h2-8,17H,1H3. The Kier molecular flexibility index (Phi) is 3.02. The number of hydrogen-bond donors (Lipinski definition) is 1. The zero-order valence-electron chi connectivity index (χ0n) is 11.2. The molecule has 1 aliphatic rings.